The van der Waals surface area contributed by atoms with E-state index in [4.69, 9.17) is 56.8 Å². The summed E-state index contributed by atoms with van der Waals surface area (Å²) in [7, 11) is 7.76. The lowest BCUT2D eigenvalue weighted by Crippen LogP contribution is -2.81. The van der Waals surface area contributed by atoms with E-state index in [9.17, 15) is 117 Å². The minimum atomic E-state index is -1.96. The van der Waals surface area contributed by atoms with Gasteiger partial charge < -0.3 is 174 Å². The topological polar surface area (TPSA) is 576 Å². The highest BCUT2D eigenvalue weighted by atomic mass is 16.6. The van der Waals surface area contributed by atoms with Gasteiger partial charge in [-0.3, -0.25) is 0 Å². The second-order valence-corrected chi connectivity index (χ2v) is 42.9. The largest absolute Gasteiger partial charge is 0.394 e. The van der Waals surface area contributed by atoms with Crippen LogP contribution in [0.1, 0.15) is 269 Å². The summed E-state index contributed by atoms with van der Waals surface area (Å²) < 4.78 is 65.8. The smallest absolute Gasteiger partial charge is 0.124 e. The van der Waals surface area contributed by atoms with Crippen LogP contribution < -0.4 is 0 Å². The maximum absolute atomic E-state index is 10.9. The molecule has 23 N–H and O–H groups in total. The van der Waals surface area contributed by atoms with E-state index in [-0.39, 0.29) is 65.1 Å². The second-order valence-electron chi connectivity index (χ2n) is 42.9. The van der Waals surface area contributed by atoms with Crippen molar-refractivity contribution in [2.75, 3.05) is 115 Å². The highest BCUT2D eigenvalue weighted by molar-refractivity contribution is 5.25. The molecule has 758 valence electrons. The molecular formula is C91H184O35. The molecule has 30 atom stereocenters. The molecule has 7 aliphatic heterocycles. The van der Waals surface area contributed by atoms with Gasteiger partial charge in [0.2, 0.25) is 0 Å². The molecule has 30 unspecified atom stereocenters. The molecule has 35 nitrogen and oxygen atoms in total. The van der Waals surface area contributed by atoms with E-state index in [2.05, 4.69) is 0 Å². The summed E-state index contributed by atoms with van der Waals surface area (Å²) in [6, 6.07) is 0. The molecule has 0 aromatic carbocycles. The van der Waals surface area contributed by atoms with E-state index in [1.165, 1.54) is 76.7 Å². The Hall–Kier alpha value is -1.40. The minimum Gasteiger partial charge on any atom is -0.394 e. The van der Waals surface area contributed by atoms with E-state index < -0.39 is 213 Å². The summed E-state index contributed by atoms with van der Waals surface area (Å²) >= 11 is 0. The highest BCUT2D eigenvalue weighted by Crippen LogP contribution is 2.61. The van der Waals surface area contributed by atoms with Gasteiger partial charge in [-0.05, 0) is 172 Å². The van der Waals surface area contributed by atoms with Crippen LogP contribution in [0.2, 0.25) is 0 Å². The van der Waals surface area contributed by atoms with Gasteiger partial charge in [0.15, 0.2) is 0 Å². The molecule has 0 aromatic heterocycles. The average Bonchev–Trinajstić information content (AvgIpc) is 0.759. The van der Waals surface area contributed by atoms with Crippen molar-refractivity contribution in [2.24, 2.45) is 27.1 Å². The lowest BCUT2D eigenvalue weighted by molar-refractivity contribution is -0.377. The number of rotatable bonds is 19. The van der Waals surface area contributed by atoms with Crippen molar-refractivity contribution >= 4 is 0 Å². The summed E-state index contributed by atoms with van der Waals surface area (Å²) in [6.45, 7) is 60.0. The fourth-order valence-corrected chi connectivity index (χ4v) is 18.9. The predicted octanol–water partition coefficient (Wildman–Crippen LogP) is 2.18. The summed E-state index contributed by atoms with van der Waals surface area (Å²) in [6.07, 6.45) is -3.79. The lowest BCUT2D eigenvalue weighted by Gasteiger charge is -2.63. The summed E-state index contributed by atoms with van der Waals surface area (Å²) in [5, 5.41) is 235. The Labute approximate surface area is 753 Å². The third-order valence-corrected chi connectivity index (χ3v) is 35.0. The van der Waals surface area contributed by atoms with Gasteiger partial charge in [0, 0.05) is 62.6 Å². The molecule has 0 radical (unpaired) electrons. The first-order valence-electron chi connectivity index (χ1n) is 43.9. The van der Waals surface area contributed by atoms with Gasteiger partial charge in [0.05, 0.1) is 119 Å². The van der Waals surface area contributed by atoms with Crippen molar-refractivity contribution in [2.45, 2.75) is 441 Å². The van der Waals surface area contributed by atoms with Crippen LogP contribution in [0.4, 0.5) is 0 Å². The molecule has 35 heteroatoms. The Morgan fingerprint density at radius 3 is 0.444 bits per heavy atom. The Morgan fingerprint density at radius 1 is 0.190 bits per heavy atom. The monoisotopic (exact) mass is 1840 g/mol. The molecule has 0 saturated carbocycles. The van der Waals surface area contributed by atoms with Crippen LogP contribution in [-0.2, 0) is 56.8 Å². The average molecular weight is 1840 g/mol. The Kier molecular flexibility index (Phi) is 40.3. The zero-order valence-corrected chi connectivity index (χ0v) is 85.1. The van der Waals surface area contributed by atoms with Crippen LogP contribution >= 0.6 is 0 Å². The van der Waals surface area contributed by atoms with Gasteiger partial charge in [0.25, 0.3) is 0 Å². The molecule has 0 bridgehead atoms. The van der Waals surface area contributed by atoms with E-state index in [1.54, 1.807) is 146 Å². The first-order chi connectivity index (χ1) is 55.8. The van der Waals surface area contributed by atoms with Crippen molar-refractivity contribution in [1.29, 1.82) is 0 Å². The molecule has 7 rings (SSSR count). The van der Waals surface area contributed by atoms with Gasteiger partial charge in [0.1, 0.15) is 131 Å². The molecular weight excluding hydrogens is 1650 g/mol. The molecule has 0 aliphatic carbocycles. The molecule has 0 aromatic rings. The van der Waals surface area contributed by atoms with Gasteiger partial charge in [-0.2, -0.15) is 0 Å². The van der Waals surface area contributed by atoms with Gasteiger partial charge in [-0.1, -0.05) is 96.9 Å². The second kappa shape index (κ2) is 40.7. The standard InChI is InChI=1S/2C14H28O4.3C13H26O5.2C11H22O6.C2H6/c2*1-8-10-13(5,15)11(2,3)14(6,16)12(4,18-10)9-17-7;3*1-10(2)12(4,15)9(7-14)18-11(3,8-17-6)13(10,5)16;2*1-8(6-13)10(3,15)11(4,16)9(2,14)7(5-12)17-8;1-2/h2*10,15-16H,8-9H2,1-7H3;3*9,14-16H,7-8H2,1-6H3;2*7,12-16H,5-6H2,1-4H3;1-2H3. The van der Waals surface area contributed by atoms with E-state index >= 15 is 0 Å². The van der Waals surface area contributed by atoms with Gasteiger partial charge >= 0.3 is 0 Å². The summed E-state index contributed by atoms with van der Waals surface area (Å²) in [5.74, 6) is 0. The number of methoxy groups -OCH3 is 5. The molecule has 126 heavy (non-hydrogen) atoms. The van der Waals surface area contributed by atoms with Crippen molar-refractivity contribution in [1.82, 2.24) is 0 Å². The fraction of sp³-hybridized carbons (Fsp3) is 1.00. The van der Waals surface area contributed by atoms with Crippen LogP contribution in [0.15, 0.2) is 0 Å². The van der Waals surface area contributed by atoms with Crippen molar-refractivity contribution in [3.63, 3.8) is 0 Å². The van der Waals surface area contributed by atoms with Crippen molar-refractivity contribution in [3.05, 3.63) is 0 Å². The maximum Gasteiger partial charge on any atom is 0.124 e. The van der Waals surface area contributed by atoms with Crippen LogP contribution in [-0.4, -0.2) is 404 Å². The van der Waals surface area contributed by atoms with Crippen LogP contribution in [0.25, 0.3) is 0 Å². The number of hydrogen-bond acceptors (Lipinski definition) is 35. The Balaban J connectivity index is 0.00000144. The third-order valence-electron chi connectivity index (χ3n) is 35.0. The number of aliphatic hydroxyl groups is 23. The zero-order valence-electron chi connectivity index (χ0n) is 85.1. The fourth-order valence-electron chi connectivity index (χ4n) is 18.9. The first-order valence-corrected chi connectivity index (χ1v) is 43.9. The highest BCUT2D eigenvalue weighted by Gasteiger charge is 2.76. The van der Waals surface area contributed by atoms with E-state index in [1.807, 2.05) is 69.2 Å². The van der Waals surface area contributed by atoms with Crippen molar-refractivity contribution in [3.8, 4) is 0 Å². The summed E-state index contributed by atoms with van der Waals surface area (Å²) in [4.78, 5) is 0. The quantitative estimate of drug-likeness (QED) is 0.0881. The molecule has 7 fully saturated rings. The predicted molar refractivity (Wildman–Crippen MR) is 473 cm³/mol. The molecule has 0 amide bonds. The zero-order chi connectivity index (χ0) is 101. The van der Waals surface area contributed by atoms with E-state index in [0.717, 1.165) is 0 Å². The Bertz CT molecular complexity index is 2910. The minimum absolute atomic E-state index is 0.177. The molecule has 7 aliphatic rings. The van der Waals surface area contributed by atoms with Crippen molar-refractivity contribution < 1.29 is 174 Å². The molecule has 0 spiro atoms. The molecule has 7 saturated heterocycles. The number of aliphatic hydroxyl groups excluding tert-OH is 7. The number of ether oxygens (including phenoxy) is 12. The van der Waals surface area contributed by atoms with Crippen LogP contribution in [0.3, 0.4) is 0 Å². The normalized spacial score (nSPS) is 49.5. The summed E-state index contributed by atoms with van der Waals surface area (Å²) in [5.41, 5.74) is -35.7. The number of hydrogen-bond donors (Lipinski definition) is 23. The van der Waals surface area contributed by atoms with Gasteiger partial charge in [-0.15, -0.1) is 0 Å². The molecule has 7 heterocycles. The Morgan fingerprint density at radius 2 is 0.317 bits per heavy atom. The third kappa shape index (κ3) is 19.5. The maximum atomic E-state index is 10.9. The lowest BCUT2D eigenvalue weighted by atomic mass is 9.55. The SMILES string of the molecule is CC.CC1(CO)OC(CO)C(C)(O)C(C)(O)C1(C)O.CC1(CO)OC(CO)C(C)(O)C(C)(O)C1(C)O.CCC1OC(C)(COC)C(C)(O)C(C)(C)C1(C)O.CCC1OC(C)(COC)C(C)(O)C(C)(C)C1(C)O.COCC1(C)OC(CO)C(C)(O)C(C)(C)C1(C)O.COCC1(C)OC(CO)C(C)(O)C(C)(C)C1(C)O.COCC1(C)OC(CO)C(C)(O)C(C)(C)C1(C)O. The van der Waals surface area contributed by atoms with E-state index in [0.29, 0.717) is 12.8 Å². The van der Waals surface area contributed by atoms with Gasteiger partial charge in [-0.25, -0.2) is 0 Å². The first kappa shape index (κ1) is 125. The van der Waals surface area contributed by atoms with Crippen LogP contribution in [0.5, 0.6) is 0 Å². The van der Waals surface area contributed by atoms with Crippen LogP contribution in [0, 0.1) is 27.1 Å².